The number of aryl methyl sites for hydroxylation is 2. The smallest absolute Gasteiger partial charge is 0.274 e. The molecule has 0 spiro atoms. The predicted molar refractivity (Wildman–Crippen MR) is 246 cm³/mol. The van der Waals surface area contributed by atoms with Gasteiger partial charge in [-0.25, -0.2) is 4.98 Å². The Kier molecular flexibility index (Phi) is 14.3. The van der Waals surface area contributed by atoms with E-state index in [-0.39, 0.29) is 49.2 Å². The number of hydrogen-bond acceptors (Lipinski definition) is 11. The average Bonchev–Trinajstić information content (AvgIpc) is 4.07. The fourth-order valence-electron chi connectivity index (χ4n) is 8.33. The van der Waals surface area contributed by atoms with Gasteiger partial charge in [0.15, 0.2) is 0 Å². The summed E-state index contributed by atoms with van der Waals surface area (Å²) in [7, 11) is 3.43. The summed E-state index contributed by atoms with van der Waals surface area (Å²) in [5.41, 5.74) is 6.04. The number of likely N-dealkylation sites (tertiary alicyclic amines) is 1. The number of aliphatic hydroxyl groups is 1. The lowest BCUT2D eigenvalue weighted by atomic mass is 9.85. The number of aromatic nitrogens is 5. The number of amides is 4. The van der Waals surface area contributed by atoms with Crippen molar-refractivity contribution in [2.45, 2.75) is 90.6 Å². The van der Waals surface area contributed by atoms with Crippen molar-refractivity contribution in [3.8, 4) is 28.4 Å². The van der Waals surface area contributed by atoms with E-state index in [1.807, 2.05) is 96.3 Å². The van der Waals surface area contributed by atoms with Gasteiger partial charge in [-0.15, -0.1) is 0 Å². The number of pyridine rings is 1. The van der Waals surface area contributed by atoms with Crippen molar-refractivity contribution in [1.29, 1.82) is 0 Å². The molecule has 4 atom stereocenters. The molecule has 0 bridgehead atoms. The Morgan fingerprint density at radius 3 is 2.38 bits per heavy atom. The molecule has 3 aromatic heterocycles. The third-order valence-electron chi connectivity index (χ3n) is 12.1. The van der Waals surface area contributed by atoms with Gasteiger partial charge in [0.2, 0.25) is 17.7 Å². The fraction of sp³-hybridized carbons (Fsp3) is 0.438. The molecule has 2 fully saturated rings. The Bertz CT molecular complexity index is 2470. The van der Waals surface area contributed by atoms with Crippen molar-refractivity contribution in [2.24, 2.45) is 12.5 Å². The van der Waals surface area contributed by atoms with Gasteiger partial charge in [0, 0.05) is 56.7 Å². The minimum Gasteiger partial charge on any atom is -0.494 e. The Labute approximate surface area is 379 Å². The normalized spacial score (nSPS) is 17.7. The number of carbonyl (C=O) groups is 4. The number of carbonyl (C=O) groups excluding carboxylic acids is 4. The third-order valence-corrected chi connectivity index (χ3v) is 12.1. The van der Waals surface area contributed by atoms with Crippen molar-refractivity contribution in [3.05, 3.63) is 95.9 Å². The van der Waals surface area contributed by atoms with Crippen molar-refractivity contribution in [3.63, 3.8) is 0 Å². The van der Waals surface area contributed by atoms with Crippen molar-refractivity contribution >= 4 is 35.0 Å². The summed E-state index contributed by atoms with van der Waals surface area (Å²) in [5, 5.41) is 31.0. The monoisotopic (exact) mass is 888 g/mol. The van der Waals surface area contributed by atoms with Gasteiger partial charge in [-0.05, 0) is 79.1 Å². The van der Waals surface area contributed by atoms with Gasteiger partial charge in [-0.1, -0.05) is 58.0 Å². The number of nitrogens with one attached hydrogen (secondary N) is 4. The summed E-state index contributed by atoms with van der Waals surface area (Å²) in [5.74, 6) is -1.14. The summed E-state index contributed by atoms with van der Waals surface area (Å²) in [4.78, 5) is 62.7. The minimum absolute atomic E-state index is 0.0234. The molecule has 4 amide bonds. The van der Waals surface area contributed by atoms with E-state index in [4.69, 9.17) is 9.47 Å². The second-order valence-electron chi connectivity index (χ2n) is 17.8. The first kappa shape index (κ1) is 46.4. The number of hydrogen-bond donors (Lipinski definition) is 5. The van der Waals surface area contributed by atoms with Gasteiger partial charge < -0.3 is 40.3 Å². The number of anilines is 2. The van der Waals surface area contributed by atoms with Crippen LogP contribution in [0, 0.1) is 5.41 Å². The van der Waals surface area contributed by atoms with Gasteiger partial charge in [-0.3, -0.25) is 29.0 Å². The first-order valence-electron chi connectivity index (χ1n) is 22.2. The molecule has 2 aromatic carbocycles. The van der Waals surface area contributed by atoms with Crippen LogP contribution >= 0.6 is 0 Å². The van der Waals surface area contributed by atoms with E-state index in [2.05, 4.69) is 41.1 Å². The zero-order valence-corrected chi connectivity index (χ0v) is 38.1. The summed E-state index contributed by atoms with van der Waals surface area (Å²) >= 11 is 0. The molecule has 2 aliphatic heterocycles. The molecular weight excluding hydrogens is 829 g/mol. The van der Waals surface area contributed by atoms with Gasteiger partial charge in [0.25, 0.3) is 5.91 Å². The van der Waals surface area contributed by atoms with E-state index in [0.717, 1.165) is 34.6 Å². The van der Waals surface area contributed by atoms with Gasteiger partial charge in [0.05, 0.1) is 42.4 Å². The molecule has 2 saturated heterocycles. The largest absolute Gasteiger partial charge is 0.494 e. The van der Waals surface area contributed by atoms with Crippen LogP contribution in [0.5, 0.6) is 5.75 Å². The Morgan fingerprint density at radius 2 is 1.72 bits per heavy atom. The molecule has 0 aliphatic carbocycles. The number of H-pyrrole nitrogens is 1. The molecule has 344 valence electrons. The number of methoxy groups -OCH3 is 1. The van der Waals surface area contributed by atoms with E-state index in [1.165, 1.54) is 4.90 Å². The van der Waals surface area contributed by atoms with E-state index in [9.17, 15) is 24.3 Å². The van der Waals surface area contributed by atoms with E-state index >= 15 is 0 Å². The number of benzene rings is 2. The summed E-state index contributed by atoms with van der Waals surface area (Å²) in [6.07, 6.45) is 2.87. The van der Waals surface area contributed by atoms with Crippen molar-refractivity contribution in [2.75, 3.05) is 43.6 Å². The zero-order valence-electron chi connectivity index (χ0n) is 38.1. The lowest BCUT2D eigenvalue weighted by molar-refractivity contribution is -0.145. The Hall–Kier alpha value is -6.59. The highest BCUT2D eigenvalue weighted by molar-refractivity contribution is 6.04. The van der Waals surface area contributed by atoms with Crippen molar-refractivity contribution in [1.82, 2.24) is 40.5 Å². The average molecular weight is 889 g/mol. The fourth-order valence-corrected chi connectivity index (χ4v) is 8.33. The lowest BCUT2D eigenvalue weighted by Gasteiger charge is -2.36. The van der Waals surface area contributed by atoms with Crippen molar-refractivity contribution < 1.29 is 33.8 Å². The topological polar surface area (TPSA) is 209 Å². The highest BCUT2D eigenvalue weighted by atomic mass is 16.5. The van der Waals surface area contributed by atoms with Crippen LogP contribution in [0.3, 0.4) is 0 Å². The highest BCUT2D eigenvalue weighted by Gasteiger charge is 2.45. The van der Waals surface area contributed by atoms with E-state index in [1.54, 1.807) is 36.2 Å². The quantitative estimate of drug-likeness (QED) is 0.0940. The SMILES string of the molecule is CCc1cc(-c2cccc(C(=O)Nc3ccc(N4CCC(OCC(=O)N[C@H](C(=O)N5C[C@H](O)C[C@H]5C(=O)N[C@@H](C)c5ccc(-c6ccnn6C)cc5)C(C)(C)C)CC4)cc3OC)n2)n[nH]1. The molecule has 5 aromatic rings. The second-order valence-corrected chi connectivity index (χ2v) is 17.8. The van der Waals surface area contributed by atoms with Crippen LogP contribution in [-0.4, -0.2) is 116 Å². The predicted octanol–water partition coefficient (Wildman–Crippen LogP) is 5.05. The standard InChI is InChI=1S/C48H60N10O7/c1-8-32-24-39(55-54-32)36-10-9-11-38(51-36)45(61)52-37-17-16-33(25-42(37)64-7)57-22-19-35(20-23-57)65-28-43(60)53-44(48(3,4)5)47(63)58-27-34(59)26-41(58)46(62)50-29(2)30-12-14-31(15-13-30)40-18-21-49-56(40)6/h9-18,21,24-25,29,34-35,41,44,59H,8,19-20,22-23,26-28H2,1-7H3,(H,50,62)(H,52,61)(H,53,60)(H,54,55)/t29-,34+,41-,44+/m0/s1. The van der Waals surface area contributed by atoms with Crippen LogP contribution in [-0.2, 0) is 32.6 Å². The molecule has 7 rings (SSSR count). The number of rotatable bonds is 15. The summed E-state index contributed by atoms with van der Waals surface area (Å²) < 4.78 is 13.5. The summed E-state index contributed by atoms with van der Waals surface area (Å²) in [6, 6.07) is 20.3. The van der Waals surface area contributed by atoms with Crippen LogP contribution in [0.2, 0.25) is 0 Å². The van der Waals surface area contributed by atoms with E-state index in [0.29, 0.717) is 48.8 Å². The first-order chi connectivity index (χ1) is 31.1. The number of nitrogens with zero attached hydrogens (tertiary/aromatic N) is 6. The second kappa shape index (κ2) is 20.1. The number of β-amino-alcohol motifs (C(OH)–C–C–N with tert-alkyl or cyclic N) is 1. The maximum Gasteiger partial charge on any atom is 0.274 e. The van der Waals surface area contributed by atoms with Gasteiger partial charge >= 0.3 is 0 Å². The van der Waals surface area contributed by atoms with Crippen LogP contribution in [0.1, 0.15) is 81.7 Å². The molecule has 17 heteroatoms. The maximum atomic E-state index is 14.2. The maximum absolute atomic E-state index is 14.2. The Morgan fingerprint density at radius 1 is 0.969 bits per heavy atom. The number of aliphatic hydroxyl groups excluding tert-OH is 1. The number of piperidine rings is 1. The molecule has 5 N–H and O–H groups in total. The Balaban J connectivity index is 0.896. The highest BCUT2D eigenvalue weighted by Crippen LogP contribution is 2.33. The van der Waals surface area contributed by atoms with Crippen LogP contribution < -0.4 is 25.6 Å². The first-order valence-corrected chi connectivity index (χ1v) is 22.2. The third kappa shape index (κ3) is 11.0. The molecule has 0 radical (unpaired) electrons. The van der Waals surface area contributed by atoms with Gasteiger partial charge in [0.1, 0.15) is 35.8 Å². The van der Waals surface area contributed by atoms with Crippen LogP contribution in [0.4, 0.5) is 11.4 Å². The summed E-state index contributed by atoms with van der Waals surface area (Å²) in [6.45, 7) is 10.5. The molecule has 2 aliphatic rings. The van der Waals surface area contributed by atoms with Crippen LogP contribution in [0.15, 0.2) is 79.0 Å². The molecule has 65 heavy (non-hydrogen) atoms. The van der Waals surface area contributed by atoms with E-state index < -0.39 is 35.4 Å². The van der Waals surface area contributed by atoms with Crippen LogP contribution in [0.25, 0.3) is 22.6 Å². The molecule has 17 nitrogen and oxygen atoms in total. The van der Waals surface area contributed by atoms with Gasteiger partial charge in [-0.2, -0.15) is 10.2 Å². The molecule has 0 unspecified atom stereocenters. The number of aromatic amines is 1. The number of ether oxygens (including phenoxy) is 2. The molecular formula is C48H60N10O7. The minimum atomic E-state index is -0.974. The lowest BCUT2D eigenvalue weighted by Crippen LogP contribution is -2.58. The molecule has 0 saturated carbocycles. The molecule has 5 heterocycles. The zero-order chi connectivity index (χ0) is 46.4.